The fourth-order valence-corrected chi connectivity index (χ4v) is 4.44. The molecule has 1 unspecified atom stereocenters. The first-order valence-corrected chi connectivity index (χ1v) is 10.9. The number of carbonyl (C=O) groups is 4. The molecular formula is C24H23N5O4. The van der Waals surface area contributed by atoms with Gasteiger partial charge in [0.1, 0.15) is 12.6 Å². The Morgan fingerprint density at radius 1 is 1.06 bits per heavy atom. The van der Waals surface area contributed by atoms with E-state index in [1.165, 1.54) is 0 Å². The summed E-state index contributed by atoms with van der Waals surface area (Å²) in [6, 6.07) is 13.4. The molecule has 2 aromatic carbocycles. The maximum Gasteiger partial charge on any atom is 0.325 e. The molecule has 1 atom stereocenters. The summed E-state index contributed by atoms with van der Waals surface area (Å²) in [4.78, 5) is 55.9. The van der Waals surface area contributed by atoms with E-state index >= 15 is 0 Å². The second-order valence-corrected chi connectivity index (χ2v) is 8.20. The van der Waals surface area contributed by atoms with E-state index in [9.17, 15) is 19.2 Å². The standard InChI is InChI=1S/C24H23N5O4/c30-21(26-18-8-3-4-9-20(18)28-11-5-10-22(28)31)14-29-23(32)19(27-24(29)33)12-15-13-25-17-7-2-1-6-16(15)17/h1-4,6-9,13,19,25H,5,10-12,14H2,(H,26,30)(H,27,33). The number of hydrogen-bond acceptors (Lipinski definition) is 4. The van der Waals surface area contributed by atoms with Crippen molar-refractivity contribution < 1.29 is 19.2 Å². The summed E-state index contributed by atoms with van der Waals surface area (Å²) in [7, 11) is 0. The van der Waals surface area contributed by atoms with Crippen molar-refractivity contribution in [2.45, 2.75) is 25.3 Å². The highest BCUT2D eigenvalue weighted by molar-refractivity contribution is 6.09. The molecule has 3 N–H and O–H groups in total. The number of amides is 5. The van der Waals surface area contributed by atoms with Crippen LogP contribution in [0.2, 0.25) is 0 Å². The number of aromatic nitrogens is 1. The van der Waals surface area contributed by atoms with Crippen LogP contribution in [0.4, 0.5) is 16.2 Å². The van der Waals surface area contributed by atoms with E-state index in [1.54, 1.807) is 29.2 Å². The first kappa shape index (κ1) is 20.7. The van der Waals surface area contributed by atoms with Gasteiger partial charge in [-0.2, -0.15) is 0 Å². The summed E-state index contributed by atoms with van der Waals surface area (Å²) in [5, 5.41) is 6.42. The summed E-state index contributed by atoms with van der Waals surface area (Å²) in [5.41, 5.74) is 2.96. The average molecular weight is 445 g/mol. The number of para-hydroxylation sites is 3. The molecule has 9 nitrogen and oxygen atoms in total. The number of carbonyl (C=O) groups excluding carboxylic acids is 4. The number of rotatable bonds is 6. The Morgan fingerprint density at radius 2 is 1.85 bits per heavy atom. The van der Waals surface area contributed by atoms with Gasteiger partial charge in [-0.05, 0) is 30.2 Å². The van der Waals surface area contributed by atoms with Gasteiger partial charge in [-0.1, -0.05) is 30.3 Å². The second kappa shape index (κ2) is 8.42. The molecule has 2 saturated heterocycles. The van der Waals surface area contributed by atoms with Crippen LogP contribution >= 0.6 is 0 Å². The Kier molecular flexibility index (Phi) is 5.29. The fourth-order valence-electron chi connectivity index (χ4n) is 4.44. The zero-order chi connectivity index (χ0) is 22.9. The highest BCUT2D eigenvalue weighted by Crippen LogP contribution is 2.29. The minimum absolute atomic E-state index is 0.00548. The Hall–Kier alpha value is -4.14. The zero-order valence-corrected chi connectivity index (χ0v) is 17.8. The summed E-state index contributed by atoms with van der Waals surface area (Å²) in [6.45, 7) is 0.186. The molecular weight excluding hydrogens is 422 g/mol. The van der Waals surface area contributed by atoms with Crippen LogP contribution in [0.5, 0.6) is 0 Å². The highest BCUT2D eigenvalue weighted by atomic mass is 16.2. The SMILES string of the molecule is O=C(CN1C(=O)NC(Cc2c[nH]c3ccccc23)C1=O)Nc1ccccc1N1CCCC1=O. The Balaban J connectivity index is 1.26. The maximum atomic E-state index is 12.9. The first-order valence-electron chi connectivity index (χ1n) is 10.9. The minimum atomic E-state index is -0.737. The summed E-state index contributed by atoms with van der Waals surface area (Å²) < 4.78 is 0. The average Bonchev–Trinajstić information content (AvgIpc) is 3.49. The van der Waals surface area contributed by atoms with Gasteiger partial charge >= 0.3 is 6.03 Å². The van der Waals surface area contributed by atoms with Crippen LogP contribution in [0, 0.1) is 0 Å². The summed E-state index contributed by atoms with van der Waals surface area (Å²) in [5.74, 6) is -0.945. The van der Waals surface area contributed by atoms with Crippen molar-refractivity contribution in [2.24, 2.45) is 0 Å². The number of urea groups is 1. The van der Waals surface area contributed by atoms with Crippen LogP contribution in [0.15, 0.2) is 54.7 Å². The number of aromatic amines is 1. The van der Waals surface area contributed by atoms with Crippen molar-refractivity contribution in [3.8, 4) is 0 Å². The van der Waals surface area contributed by atoms with Crippen LogP contribution in [-0.2, 0) is 20.8 Å². The van der Waals surface area contributed by atoms with Gasteiger partial charge in [-0.15, -0.1) is 0 Å². The van der Waals surface area contributed by atoms with Gasteiger partial charge in [-0.25, -0.2) is 4.79 Å². The maximum absolute atomic E-state index is 12.9. The number of imide groups is 1. The summed E-state index contributed by atoms with van der Waals surface area (Å²) in [6.07, 6.45) is 3.40. The fraction of sp³-hybridized carbons (Fsp3) is 0.250. The minimum Gasteiger partial charge on any atom is -0.361 e. The number of nitrogens with zero attached hydrogens (tertiary/aromatic N) is 2. The van der Waals surface area contributed by atoms with Gasteiger partial charge < -0.3 is 20.5 Å². The van der Waals surface area contributed by atoms with Gasteiger partial charge in [0, 0.05) is 36.5 Å². The van der Waals surface area contributed by atoms with Gasteiger partial charge in [-0.3, -0.25) is 19.3 Å². The highest BCUT2D eigenvalue weighted by Gasteiger charge is 2.39. The zero-order valence-electron chi connectivity index (χ0n) is 17.8. The second-order valence-electron chi connectivity index (χ2n) is 8.20. The van der Waals surface area contributed by atoms with E-state index < -0.39 is 30.4 Å². The topological polar surface area (TPSA) is 115 Å². The molecule has 3 aromatic rings. The third-order valence-corrected chi connectivity index (χ3v) is 6.05. The van der Waals surface area contributed by atoms with Gasteiger partial charge in [0.05, 0.1) is 11.4 Å². The predicted octanol–water partition coefficient (Wildman–Crippen LogP) is 2.40. The molecule has 33 heavy (non-hydrogen) atoms. The van der Waals surface area contributed by atoms with Crippen LogP contribution in [0.3, 0.4) is 0 Å². The number of nitrogens with one attached hydrogen (secondary N) is 3. The van der Waals surface area contributed by atoms with Crippen molar-refractivity contribution >= 4 is 46.0 Å². The molecule has 0 aliphatic carbocycles. The molecule has 5 rings (SSSR count). The van der Waals surface area contributed by atoms with Crippen LogP contribution < -0.4 is 15.5 Å². The lowest BCUT2D eigenvalue weighted by Crippen LogP contribution is -2.39. The number of fused-ring (bicyclic) bond motifs is 1. The number of hydrogen-bond donors (Lipinski definition) is 3. The van der Waals surface area contributed by atoms with Crippen LogP contribution in [0.25, 0.3) is 10.9 Å². The van der Waals surface area contributed by atoms with Crippen molar-refractivity contribution in [1.82, 2.24) is 15.2 Å². The normalized spacial score (nSPS) is 18.3. The molecule has 9 heteroatoms. The Labute approximate surface area is 189 Å². The van der Waals surface area contributed by atoms with Crippen molar-refractivity contribution in [1.29, 1.82) is 0 Å². The molecule has 168 valence electrons. The lowest BCUT2D eigenvalue weighted by molar-refractivity contribution is -0.130. The number of benzene rings is 2. The van der Waals surface area contributed by atoms with E-state index in [0.717, 1.165) is 27.8 Å². The quantitative estimate of drug-likeness (QED) is 0.506. The first-order chi connectivity index (χ1) is 16.0. The lowest BCUT2D eigenvalue weighted by atomic mass is 10.1. The molecule has 2 aliphatic heterocycles. The third-order valence-electron chi connectivity index (χ3n) is 6.05. The Morgan fingerprint density at radius 3 is 2.67 bits per heavy atom. The molecule has 2 fully saturated rings. The monoisotopic (exact) mass is 445 g/mol. The van der Waals surface area contributed by atoms with Gasteiger partial charge in [0.15, 0.2) is 0 Å². The molecule has 5 amide bonds. The largest absolute Gasteiger partial charge is 0.361 e. The van der Waals surface area contributed by atoms with Crippen molar-refractivity contribution in [2.75, 3.05) is 23.3 Å². The van der Waals surface area contributed by atoms with E-state index in [2.05, 4.69) is 15.6 Å². The molecule has 3 heterocycles. The third kappa shape index (κ3) is 3.93. The van der Waals surface area contributed by atoms with E-state index in [0.29, 0.717) is 30.8 Å². The van der Waals surface area contributed by atoms with Gasteiger partial charge in [0.25, 0.3) is 5.91 Å². The lowest BCUT2D eigenvalue weighted by Gasteiger charge is -2.20. The van der Waals surface area contributed by atoms with E-state index in [-0.39, 0.29) is 5.91 Å². The predicted molar refractivity (Wildman–Crippen MR) is 123 cm³/mol. The van der Waals surface area contributed by atoms with Crippen LogP contribution in [-0.4, -0.2) is 52.8 Å². The smallest absolute Gasteiger partial charge is 0.325 e. The molecule has 0 saturated carbocycles. The molecule has 0 bridgehead atoms. The number of anilines is 2. The molecule has 2 aliphatic rings. The van der Waals surface area contributed by atoms with Crippen molar-refractivity contribution in [3.05, 3.63) is 60.3 Å². The molecule has 0 radical (unpaired) electrons. The van der Waals surface area contributed by atoms with Crippen LogP contribution in [0.1, 0.15) is 18.4 Å². The van der Waals surface area contributed by atoms with Gasteiger partial charge in [0.2, 0.25) is 11.8 Å². The van der Waals surface area contributed by atoms with E-state index in [1.807, 2.05) is 30.5 Å². The summed E-state index contributed by atoms with van der Waals surface area (Å²) >= 11 is 0. The molecule has 1 aromatic heterocycles. The molecule has 0 spiro atoms. The number of H-pyrrole nitrogens is 1. The van der Waals surface area contributed by atoms with Crippen molar-refractivity contribution in [3.63, 3.8) is 0 Å². The Bertz CT molecular complexity index is 1270. The van der Waals surface area contributed by atoms with E-state index in [4.69, 9.17) is 0 Å².